The summed E-state index contributed by atoms with van der Waals surface area (Å²) in [6.07, 6.45) is 5.52. The molecule has 2 rings (SSSR count). The first-order valence-electron chi connectivity index (χ1n) is 7.06. The first-order valence-corrected chi connectivity index (χ1v) is 7.06. The maximum atomic E-state index is 5.75. The van der Waals surface area contributed by atoms with Gasteiger partial charge in [-0.1, -0.05) is 25.5 Å². The Kier molecular flexibility index (Phi) is 5.28. The summed E-state index contributed by atoms with van der Waals surface area (Å²) in [7, 11) is 1.70. The predicted octanol–water partition coefficient (Wildman–Crippen LogP) is 3.25. The minimum absolute atomic E-state index is 0.749. The second kappa shape index (κ2) is 7.19. The molecular weight excluding hydrogens is 238 g/mol. The van der Waals surface area contributed by atoms with Crippen LogP contribution in [0.25, 0.3) is 5.57 Å². The normalized spacial score (nSPS) is 14.9. The number of nitrogens with one attached hydrogen (secondary N) is 1. The van der Waals surface area contributed by atoms with E-state index in [4.69, 9.17) is 9.47 Å². The lowest BCUT2D eigenvalue weighted by atomic mass is 10.00. The van der Waals surface area contributed by atoms with Crippen molar-refractivity contribution in [2.24, 2.45) is 0 Å². The predicted molar refractivity (Wildman–Crippen MR) is 78.9 cm³/mol. The molecule has 1 aliphatic rings. The van der Waals surface area contributed by atoms with Crippen molar-refractivity contribution in [1.29, 1.82) is 0 Å². The Bertz CT molecular complexity index is 440. The second-order valence-electron chi connectivity index (χ2n) is 4.75. The average Bonchev–Trinajstić information content (AvgIpc) is 2.48. The SMILES string of the molecule is CCCCOc1ccc(C2=CCNCC2)cc1OC. The van der Waals surface area contributed by atoms with Crippen molar-refractivity contribution in [3.05, 3.63) is 29.8 Å². The summed E-state index contributed by atoms with van der Waals surface area (Å²) >= 11 is 0. The molecule has 0 radical (unpaired) electrons. The van der Waals surface area contributed by atoms with E-state index in [0.717, 1.165) is 50.5 Å². The Morgan fingerprint density at radius 3 is 2.84 bits per heavy atom. The van der Waals surface area contributed by atoms with Gasteiger partial charge in [0.1, 0.15) is 0 Å². The molecule has 1 heterocycles. The number of unbranched alkanes of at least 4 members (excludes halogenated alkanes) is 1. The van der Waals surface area contributed by atoms with Gasteiger partial charge in [0.25, 0.3) is 0 Å². The van der Waals surface area contributed by atoms with E-state index in [-0.39, 0.29) is 0 Å². The molecule has 104 valence electrons. The van der Waals surface area contributed by atoms with Crippen molar-refractivity contribution in [2.45, 2.75) is 26.2 Å². The average molecular weight is 261 g/mol. The van der Waals surface area contributed by atoms with Gasteiger partial charge in [-0.25, -0.2) is 0 Å². The van der Waals surface area contributed by atoms with Gasteiger partial charge in [-0.15, -0.1) is 0 Å². The Hall–Kier alpha value is -1.48. The van der Waals surface area contributed by atoms with Crippen LogP contribution in [-0.4, -0.2) is 26.8 Å². The minimum Gasteiger partial charge on any atom is -0.493 e. The summed E-state index contributed by atoms with van der Waals surface area (Å²) in [6, 6.07) is 6.23. The first kappa shape index (κ1) is 13.9. The van der Waals surface area contributed by atoms with E-state index < -0.39 is 0 Å². The van der Waals surface area contributed by atoms with Gasteiger partial charge in [-0.3, -0.25) is 0 Å². The van der Waals surface area contributed by atoms with Gasteiger partial charge in [0.2, 0.25) is 0 Å². The highest BCUT2D eigenvalue weighted by atomic mass is 16.5. The molecule has 0 saturated carbocycles. The molecule has 0 spiro atoms. The third-order valence-electron chi connectivity index (χ3n) is 3.35. The van der Waals surface area contributed by atoms with Gasteiger partial charge in [0, 0.05) is 6.54 Å². The fourth-order valence-corrected chi connectivity index (χ4v) is 2.20. The third-order valence-corrected chi connectivity index (χ3v) is 3.35. The van der Waals surface area contributed by atoms with Gasteiger partial charge < -0.3 is 14.8 Å². The summed E-state index contributed by atoms with van der Waals surface area (Å²) in [5.41, 5.74) is 2.62. The van der Waals surface area contributed by atoms with Crippen LogP contribution in [0.4, 0.5) is 0 Å². The molecule has 1 aromatic carbocycles. The lowest BCUT2D eigenvalue weighted by Crippen LogP contribution is -2.20. The maximum absolute atomic E-state index is 5.75. The standard InChI is InChI=1S/C16H23NO2/c1-3-4-11-19-15-6-5-14(12-16(15)18-2)13-7-9-17-10-8-13/h5-7,12,17H,3-4,8-11H2,1-2H3. The number of methoxy groups -OCH3 is 1. The summed E-state index contributed by atoms with van der Waals surface area (Å²) in [5.74, 6) is 1.67. The highest BCUT2D eigenvalue weighted by Crippen LogP contribution is 2.32. The van der Waals surface area contributed by atoms with E-state index in [0.29, 0.717) is 0 Å². The molecule has 3 nitrogen and oxygen atoms in total. The monoisotopic (exact) mass is 261 g/mol. The number of ether oxygens (including phenoxy) is 2. The summed E-state index contributed by atoms with van der Waals surface area (Å²) in [6.45, 7) is 4.90. The number of rotatable bonds is 6. The second-order valence-corrected chi connectivity index (χ2v) is 4.75. The third kappa shape index (κ3) is 3.74. The van der Waals surface area contributed by atoms with Gasteiger partial charge >= 0.3 is 0 Å². The molecular formula is C16H23NO2. The molecule has 0 aromatic heterocycles. The van der Waals surface area contributed by atoms with Crippen LogP contribution in [0.2, 0.25) is 0 Å². The molecule has 1 aromatic rings. The maximum Gasteiger partial charge on any atom is 0.161 e. The largest absolute Gasteiger partial charge is 0.493 e. The molecule has 0 saturated heterocycles. The van der Waals surface area contributed by atoms with E-state index in [2.05, 4.69) is 30.4 Å². The van der Waals surface area contributed by atoms with Crippen LogP contribution < -0.4 is 14.8 Å². The smallest absolute Gasteiger partial charge is 0.161 e. The van der Waals surface area contributed by atoms with E-state index in [1.807, 2.05) is 6.07 Å². The first-order chi connectivity index (χ1) is 9.35. The highest BCUT2D eigenvalue weighted by Gasteiger charge is 2.10. The number of benzene rings is 1. The zero-order valence-electron chi connectivity index (χ0n) is 11.9. The molecule has 0 amide bonds. The van der Waals surface area contributed by atoms with Crippen molar-refractivity contribution < 1.29 is 9.47 Å². The Labute approximate surface area is 115 Å². The lowest BCUT2D eigenvalue weighted by Gasteiger charge is -2.16. The molecule has 0 unspecified atom stereocenters. The summed E-state index contributed by atoms with van der Waals surface area (Å²) in [4.78, 5) is 0. The van der Waals surface area contributed by atoms with Crippen molar-refractivity contribution in [1.82, 2.24) is 5.32 Å². The number of hydrogen-bond donors (Lipinski definition) is 1. The molecule has 0 atom stereocenters. The van der Waals surface area contributed by atoms with Crippen LogP contribution in [0.1, 0.15) is 31.7 Å². The molecule has 0 fully saturated rings. The van der Waals surface area contributed by atoms with E-state index in [9.17, 15) is 0 Å². The van der Waals surface area contributed by atoms with Gasteiger partial charge in [0.05, 0.1) is 13.7 Å². The van der Waals surface area contributed by atoms with Crippen LogP contribution in [-0.2, 0) is 0 Å². The van der Waals surface area contributed by atoms with Crippen LogP contribution in [0.15, 0.2) is 24.3 Å². The van der Waals surface area contributed by atoms with Crippen LogP contribution >= 0.6 is 0 Å². The van der Waals surface area contributed by atoms with E-state index in [1.165, 1.54) is 11.1 Å². The quantitative estimate of drug-likeness (QED) is 0.797. The Balaban J connectivity index is 2.13. The Morgan fingerprint density at radius 1 is 1.26 bits per heavy atom. The van der Waals surface area contributed by atoms with Crippen molar-refractivity contribution in [3.63, 3.8) is 0 Å². The number of hydrogen-bond acceptors (Lipinski definition) is 3. The van der Waals surface area contributed by atoms with Crippen LogP contribution in [0.5, 0.6) is 11.5 Å². The summed E-state index contributed by atoms with van der Waals surface area (Å²) < 4.78 is 11.2. The van der Waals surface area contributed by atoms with Gasteiger partial charge in [0.15, 0.2) is 11.5 Å². The highest BCUT2D eigenvalue weighted by molar-refractivity contribution is 5.69. The fourth-order valence-electron chi connectivity index (χ4n) is 2.20. The molecule has 0 aliphatic carbocycles. The molecule has 1 aliphatic heterocycles. The Morgan fingerprint density at radius 2 is 2.16 bits per heavy atom. The van der Waals surface area contributed by atoms with Crippen LogP contribution in [0, 0.1) is 0 Å². The van der Waals surface area contributed by atoms with E-state index >= 15 is 0 Å². The molecule has 3 heteroatoms. The van der Waals surface area contributed by atoms with Crippen molar-refractivity contribution >= 4 is 5.57 Å². The topological polar surface area (TPSA) is 30.5 Å². The minimum atomic E-state index is 0.749. The molecule has 19 heavy (non-hydrogen) atoms. The van der Waals surface area contributed by atoms with Crippen LogP contribution in [0.3, 0.4) is 0 Å². The van der Waals surface area contributed by atoms with E-state index in [1.54, 1.807) is 7.11 Å². The molecule has 1 N–H and O–H groups in total. The zero-order chi connectivity index (χ0) is 13.5. The molecule has 0 bridgehead atoms. The lowest BCUT2D eigenvalue weighted by molar-refractivity contribution is 0.288. The fraction of sp³-hybridized carbons (Fsp3) is 0.500. The van der Waals surface area contributed by atoms with Crippen molar-refractivity contribution in [3.8, 4) is 11.5 Å². The van der Waals surface area contributed by atoms with Gasteiger partial charge in [-0.05, 0) is 42.7 Å². The van der Waals surface area contributed by atoms with Crippen molar-refractivity contribution in [2.75, 3.05) is 26.8 Å². The van der Waals surface area contributed by atoms with Gasteiger partial charge in [-0.2, -0.15) is 0 Å². The summed E-state index contributed by atoms with van der Waals surface area (Å²) in [5, 5.41) is 3.33. The zero-order valence-corrected chi connectivity index (χ0v) is 11.9.